The molecule has 0 spiro atoms. The van der Waals surface area contributed by atoms with Crippen LogP contribution in [0.1, 0.15) is 25.3 Å². The molecule has 4 nitrogen and oxygen atoms in total. The highest BCUT2D eigenvalue weighted by atomic mass is 35.5. The molecule has 1 aromatic rings. The summed E-state index contributed by atoms with van der Waals surface area (Å²) in [5.74, 6) is -1.73. The zero-order valence-electron chi connectivity index (χ0n) is 14.3. The van der Waals surface area contributed by atoms with Gasteiger partial charge in [-0.3, -0.25) is 9.59 Å². The molecular weight excluding hydrogens is 397 g/mol. The first-order valence-corrected chi connectivity index (χ1v) is 9.41. The van der Waals surface area contributed by atoms with Crippen molar-refractivity contribution in [3.63, 3.8) is 0 Å². The summed E-state index contributed by atoms with van der Waals surface area (Å²) in [5, 5.41) is 2.94. The van der Waals surface area contributed by atoms with Crippen molar-refractivity contribution in [1.82, 2.24) is 5.32 Å². The minimum atomic E-state index is -0.770. The number of esters is 1. The van der Waals surface area contributed by atoms with E-state index in [4.69, 9.17) is 39.5 Å². The Morgan fingerprint density at radius 1 is 1.12 bits per heavy atom. The number of halogens is 3. The lowest BCUT2D eigenvalue weighted by Crippen LogP contribution is -2.39. The Morgan fingerprint density at radius 2 is 1.73 bits per heavy atom. The van der Waals surface area contributed by atoms with Crippen LogP contribution in [-0.2, 0) is 20.9 Å². The third-order valence-electron chi connectivity index (χ3n) is 4.21. The van der Waals surface area contributed by atoms with Crippen LogP contribution in [0.5, 0.6) is 0 Å². The molecule has 1 aliphatic rings. The zero-order valence-corrected chi connectivity index (χ0v) is 16.5. The molecule has 140 valence electrons. The van der Waals surface area contributed by atoms with Crippen molar-refractivity contribution < 1.29 is 14.3 Å². The number of nitrogens with one attached hydrogen (secondary N) is 1. The molecular formula is C19H20Cl3NO3. The van der Waals surface area contributed by atoms with Crippen LogP contribution >= 0.6 is 34.8 Å². The standard InChI is InChI=1S/C19H20Cl3NO3/c1-12(16(20)17(21)22)26-19(25)15-10-6-5-9-14(15)18(24)23-11-13-7-3-2-4-8-13/h2-8,12,14-15H,9-11H2,1H3,(H,23,24)/t12-,14+,15+/m1/s1. The van der Waals surface area contributed by atoms with Gasteiger partial charge in [0.2, 0.25) is 5.91 Å². The van der Waals surface area contributed by atoms with Crippen LogP contribution in [0.2, 0.25) is 0 Å². The molecule has 0 saturated heterocycles. The minimum absolute atomic E-state index is 0.0538. The van der Waals surface area contributed by atoms with Gasteiger partial charge in [-0.1, -0.05) is 77.3 Å². The van der Waals surface area contributed by atoms with Crippen molar-refractivity contribution in [3.8, 4) is 0 Å². The summed E-state index contributed by atoms with van der Waals surface area (Å²) in [4.78, 5) is 25.1. The Bertz CT molecular complexity index is 699. The highest BCUT2D eigenvalue weighted by molar-refractivity contribution is 6.59. The predicted molar refractivity (Wildman–Crippen MR) is 104 cm³/mol. The number of carbonyl (C=O) groups is 2. The molecule has 0 heterocycles. The van der Waals surface area contributed by atoms with E-state index in [0.29, 0.717) is 19.4 Å². The van der Waals surface area contributed by atoms with E-state index in [1.165, 1.54) is 0 Å². The fraction of sp³-hybridized carbons (Fsp3) is 0.368. The number of hydrogen-bond donors (Lipinski definition) is 1. The van der Waals surface area contributed by atoms with E-state index in [2.05, 4.69) is 5.32 Å². The van der Waals surface area contributed by atoms with Crippen molar-refractivity contribution in [3.05, 3.63) is 57.6 Å². The number of ether oxygens (including phenoxy) is 1. The Kier molecular flexibility index (Phi) is 8.01. The molecule has 0 unspecified atom stereocenters. The van der Waals surface area contributed by atoms with Crippen molar-refractivity contribution >= 4 is 46.7 Å². The molecule has 1 N–H and O–H groups in total. The topological polar surface area (TPSA) is 55.4 Å². The van der Waals surface area contributed by atoms with Crippen LogP contribution in [0.15, 0.2) is 52.0 Å². The van der Waals surface area contributed by atoms with Gasteiger partial charge in [0.1, 0.15) is 10.6 Å². The highest BCUT2D eigenvalue weighted by Crippen LogP contribution is 2.29. The fourth-order valence-corrected chi connectivity index (χ4v) is 3.10. The summed E-state index contributed by atoms with van der Waals surface area (Å²) in [6.45, 7) is 1.99. The average molecular weight is 417 g/mol. The van der Waals surface area contributed by atoms with Gasteiger partial charge in [-0.15, -0.1) is 0 Å². The largest absolute Gasteiger partial charge is 0.457 e. The number of allylic oxidation sites excluding steroid dienone is 2. The van der Waals surface area contributed by atoms with Crippen molar-refractivity contribution in [2.75, 3.05) is 0 Å². The third-order valence-corrected chi connectivity index (χ3v) is 5.31. The van der Waals surface area contributed by atoms with E-state index in [9.17, 15) is 9.59 Å². The molecule has 1 aromatic carbocycles. The number of benzene rings is 1. The lowest BCUT2D eigenvalue weighted by atomic mass is 9.82. The van der Waals surface area contributed by atoms with Gasteiger partial charge < -0.3 is 10.1 Å². The molecule has 1 amide bonds. The van der Waals surface area contributed by atoms with Crippen LogP contribution in [0.25, 0.3) is 0 Å². The molecule has 0 aromatic heterocycles. The van der Waals surface area contributed by atoms with Crippen LogP contribution in [-0.4, -0.2) is 18.0 Å². The first-order chi connectivity index (χ1) is 12.4. The molecule has 7 heteroatoms. The maximum Gasteiger partial charge on any atom is 0.310 e. The minimum Gasteiger partial charge on any atom is -0.457 e. The molecule has 2 rings (SSSR count). The second kappa shape index (κ2) is 10.0. The number of rotatable bonds is 6. The van der Waals surface area contributed by atoms with Gasteiger partial charge in [-0.05, 0) is 25.3 Å². The van der Waals surface area contributed by atoms with Crippen molar-refractivity contribution in [2.24, 2.45) is 11.8 Å². The van der Waals surface area contributed by atoms with Crippen molar-refractivity contribution in [2.45, 2.75) is 32.4 Å². The molecule has 1 aliphatic carbocycles. The Hall–Kier alpha value is -1.49. The maximum absolute atomic E-state index is 12.6. The molecule has 0 aliphatic heterocycles. The SMILES string of the molecule is C[C@@H](OC(=O)[C@H]1CC=CC[C@@H]1C(=O)NCc1ccccc1)C(Cl)=C(Cl)Cl. The Balaban J connectivity index is 2.00. The lowest BCUT2D eigenvalue weighted by molar-refractivity contribution is -0.155. The summed E-state index contributed by atoms with van der Waals surface area (Å²) in [6, 6.07) is 9.59. The smallest absolute Gasteiger partial charge is 0.310 e. The van der Waals surface area contributed by atoms with E-state index in [0.717, 1.165) is 5.56 Å². The normalized spacial score (nSPS) is 20.2. The second-order valence-corrected chi connectivity index (χ2v) is 7.40. The van der Waals surface area contributed by atoms with Gasteiger partial charge in [0.05, 0.1) is 16.9 Å². The van der Waals surface area contributed by atoms with E-state index < -0.39 is 23.9 Å². The highest BCUT2D eigenvalue weighted by Gasteiger charge is 2.36. The van der Waals surface area contributed by atoms with Gasteiger partial charge in [0.25, 0.3) is 0 Å². The van der Waals surface area contributed by atoms with Gasteiger partial charge in [0, 0.05) is 6.54 Å². The van der Waals surface area contributed by atoms with Gasteiger partial charge >= 0.3 is 5.97 Å². The Labute approximate surface area is 168 Å². The molecule has 0 saturated carbocycles. The van der Waals surface area contributed by atoms with Gasteiger partial charge in [-0.25, -0.2) is 0 Å². The summed E-state index contributed by atoms with van der Waals surface area (Å²) in [5.41, 5.74) is 0.994. The molecule has 0 bridgehead atoms. The van der Waals surface area contributed by atoms with Gasteiger partial charge in [-0.2, -0.15) is 0 Å². The van der Waals surface area contributed by atoms with E-state index in [1.807, 2.05) is 42.5 Å². The van der Waals surface area contributed by atoms with Crippen LogP contribution in [0, 0.1) is 11.8 Å². The molecule has 0 fully saturated rings. The maximum atomic E-state index is 12.6. The Morgan fingerprint density at radius 3 is 2.35 bits per heavy atom. The number of carbonyl (C=O) groups excluding carboxylic acids is 2. The number of amides is 1. The quantitative estimate of drug-likeness (QED) is 0.540. The average Bonchev–Trinajstić information content (AvgIpc) is 2.66. The van der Waals surface area contributed by atoms with E-state index in [1.54, 1.807) is 6.92 Å². The summed E-state index contributed by atoms with van der Waals surface area (Å²) >= 11 is 17.1. The number of hydrogen-bond acceptors (Lipinski definition) is 3. The van der Waals surface area contributed by atoms with Crippen LogP contribution < -0.4 is 5.32 Å². The van der Waals surface area contributed by atoms with Crippen LogP contribution in [0.3, 0.4) is 0 Å². The summed E-state index contributed by atoms with van der Waals surface area (Å²) < 4.78 is 5.20. The molecule has 3 atom stereocenters. The van der Waals surface area contributed by atoms with Crippen molar-refractivity contribution in [1.29, 1.82) is 0 Å². The van der Waals surface area contributed by atoms with E-state index in [-0.39, 0.29) is 15.4 Å². The summed E-state index contributed by atoms with van der Waals surface area (Å²) in [6.07, 6.45) is 3.93. The first kappa shape index (κ1) is 20.8. The lowest BCUT2D eigenvalue weighted by Gasteiger charge is -2.27. The second-order valence-electron chi connectivity index (χ2n) is 6.05. The summed E-state index contributed by atoms with van der Waals surface area (Å²) in [7, 11) is 0. The van der Waals surface area contributed by atoms with E-state index >= 15 is 0 Å². The third kappa shape index (κ3) is 5.76. The predicted octanol–water partition coefficient (Wildman–Crippen LogP) is 4.70. The monoisotopic (exact) mass is 415 g/mol. The van der Waals surface area contributed by atoms with Gasteiger partial charge in [0.15, 0.2) is 0 Å². The zero-order chi connectivity index (χ0) is 19.1. The fourth-order valence-electron chi connectivity index (χ4n) is 2.75. The molecule has 26 heavy (non-hydrogen) atoms. The van der Waals surface area contributed by atoms with Crippen LogP contribution in [0.4, 0.5) is 0 Å². The first-order valence-electron chi connectivity index (χ1n) is 8.28. The molecule has 0 radical (unpaired) electrons.